The summed E-state index contributed by atoms with van der Waals surface area (Å²) in [5.41, 5.74) is 0.982. The lowest BCUT2D eigenvalue weighted by atomic mass is 10.2. The van der Waals surface area contributed by atoms with Crippen LogP contribution in [0.3, 0.4) is 0 Å². The molecule has 1 N–H and O–H groups in total. The molecular weight excluding hydrogens is 307 g/mol. The number of hydrogen-bond acceptors (Lipinski definition) is 2. The Hall–Kier alpha value is -0.450. The Morgan fingerprint density at radius 3 is 2.63 bits per heavy atom. The summed E-state index contributed by atoms with van der Waals surface area (Å²) in [6, 6.07) is 4.83. The number of hydrogen-bond donors (Lipinski definition) is 1. The van der Waals surface area contributed by atoms with Crippen LogP contribution in [0.15, 0.2) is 22.7 Å². The second-order valence-electron chi connectivity index (χ2n) is 5.17. The topological polar surface area (TPSA) is 15.3 Å². The lowest BCUT2D eigenvalue weighted by Crippen LogP contribution is -2.32. The number of nitrogens with zero attached hydrogens (tertiary/aromatic N) is 1. The Bertz CT molecular complexity index is 390. The van der Waals surface area contributed by atoms with Crippen molar-refractivity contribution in [3.8, 4) is 0 Å². The molecule has 106 valence electrons. The van der Waals surface area contributed by atoms with Gasteiger partial charge in [-0.3, -0.25) is 0 Å². The zero-order valence-corrected chi connectivity index (χ0v) is 12.9. The number of rotatable bonds is 5. The second kappa shape index (κ2) is 7.98. The maximum atomic E-state index is 13.1. The molecule has 0 aromatic heterocycles. The van der Waals surface area contributed by atoms with E-state index in [0.717, 1.165) is 23.1 Å². The zero-order valence-electron chi connectivity index (χ0n) is 11.3. The highest BCUT2D eigenvalue weighted by Gasteiger charge is 2.08. The molecule has 1 aromatic rings. The van der Waals surface area contributed by atoms with Crippen LogP contribution in [0.5, 0.6) is 0 Å². The molecule has 19 heavy (non-hydrogen) atoms. The maximum Gasteiger partial charge on any atom is 0.123 e. The van der Waals surface area contributed by atoms with E-state index in [-0.39, 0.29) is 5.82 Å². The highest BCUT2D eigenvalue weighted by atomic mass is 79.9. The standard InChI is InChI=1S/C15H22BrFN2/c16-15-6-5-14(17)11-13(15)12-18-7-10-19-8-3-1-2-4-9-19/h5-6,11,18H,1-4,7-10,12H2. The zero-order chi connectivity index (χ0) is 13.5. The van der Waals surface area contributed by atoms with E-state index in [4.69, 9.17) is 0 Å². The number of halogens is 2. The van der Waals surface area contributed by atoms with Gasteiger partial charge in [0.1, 0.15) is 5.82 Å². The monoisotopic (exact) mass is 328 g/mol. The van der Waals surface area contributed by atoms with Crippen LogP contribution in [0, 0.1) is 5.82 Å². The Balaban J connectivity index is 1.69. The maximum absolute atomic E-state index is 13.1. The van der Waals surface area contributed by atoms with Crippen LogP contribution < -0.4 is 5.32 Å². The fraction of sp³-hybridized carbons (Fsp3) is 0.600. The number of nitrogens with one attached hydrogen (secondary N) is 1. The molecule has 0 unspecified atom stereocenters. The van der Waals surface area contributed by atoms with Crippen LogP contribution >= 0.6 is 15.9 Å². The summed E-state index contributed by atoms with van der Waals surface area (Å²) >= 11 is 3.45. The van der Waals surface area contributed by atoms with Gasteiger partial charge in [-0.05, 0) is 49.7 Å². The average molecular weight is 329 g/mol. The Morgan fingerprint density at radius 2 is 1.89 bits per heavy atom. The Morgan fingerprint density at radius 1 is 1.16 bits per heavy atom. The molecule has 2 nitrogen and oxygen atoms in total. The van der Waals surface area contributed by atoms with Gasteiger partial charge in [0, 0.05) is 24.1 Å². The van der Waals surface area contributed by atoms with Crippen molar-refractivity contribution in [2.45, 2.75) is 32.2 Å². The first-order valence-corrected chi connectivity index (χ1v) is 7.92. The quantitative estimate of drug-likeness (QED) is 0.831. The van der Waals surface area contributed by atoms with E-state index in [1.54, 1.807) is 12.1 Å². The summed E-state index contributed by atoms with van der Waals surface area (Å²) in [5, 5.41) is 3.40. The molecule has 1 aliphatic rings. The van der Waals surface area contributed by atoms with Crippen molar-refractivity contribution in [3.63, 3.8) is 0 Å². The third kappa shape index (κ3) is 5.21. The molecule has 0 atom stereocenters. The number of likely N-dealkylation sites (tertiary alicyclic amines) is 1. The van der Waals surface area contributed by atoms with Gasteiger partial charge in [-0.1, -0.05) is 28.8 Å². The second-order valence-corrected chi connectivity index (χ2v) is 6.02. The fourth-order valence-electron chi connectivity index (χ4n) is 2.50. The van der Waals surface area contributed by atoms with E-state index in [2.05, 4.69) is 26.1 Å². The van der Waals surface area contributed by atoms with Gasteiger partial charge < -0.3 is 10.2 Å². The summed E-state index contributed by atoms with van der Waals surface area (Å²) in [6.45, 7) is 5.22. The summed E-state index contributed by atoms with van der Waals surface area (Å²) in [4.78, 5) is 2.53. The number of benzene rings is 1. The molecule has 0 aliphatic carbocycles. The van der Waals surface area contributed by atoms with E-state index in [9.17, 15) is 4.39 Å². The molecule has 1 aromatic carbocycles. The van der Waals surface area contributed by atoms with E-state index < -0.39 is 0 Å². The highest BCUT2D eigenvalue weighted by molar-refractivity contribution is 9.10. The minimum absolute atomic E-state index is 0.174. The minimum atomic E-state index is -0.174. The van der Waals surface area contributed by atoms with Crippen molar-refractivity contribution in [1.82, 2.24) is 10.2 Å². The van der Waals surface area contributed by atoms with Gasteiger partial charge >= 0.3 is 0 Å². The van der Waals surface area contributed by atoms with Gasteiger partial charge in [0.2, 0.25) is 0 Å². The van der Waals surface area contributed by atoms with Crippen LogP contribution in [0.25, 0.3) is 0 Å². The summed E-state index contributed by atoms with van der Waals surface area (Å²) < 4.78 is 14.1. The summed E-state index contributed by atoms with van der Waals surface area (Å²) in [5.74, 6) is -0.174. The van der Waals surface area contributed by atoms with Crippen molar-refractivity contribution >= 4 is 15.9 Å². The third-order valence-corrected chi connectivity index (χ3v) is 4.40. The average Bonchev–Trinajstić information content (AvgIpc) is 2.67. The Labute approximate surface area is 123 Å². The molecule has 1 heterocycles. The van der Waals surface area contributed by atoms with Gasteiger partial charge in [0.05, 0.1) is 0 Å². The predicted octanol–water partition coefficient (Wildman–Crippen LogP) is 3.55. The normalized spacial score (nSPS) is 17.4. The van der Waals surface area contributed by atoms with Gasteiger partial charge in [-0.15, -0.1) is 0 Å². The SMILES string of the molecule is Fc1ccc(Br)c(CNCCN2CCCCCC2)c1. The summed E-state index contributed by atoms with van der Waals surface area (Å²) in [6.07, 6.45) is 5.41. The molecule has 4 heteroatoms. The molecule has 0 bridgehead atoms. The predicted molar refractivity (Wildman–Crippen MR) is 80.7 cm³/mol. The van der Waals surface area contributed by atoms with Crippen molar-refractivity contribution in [3.05, 3.63) is 34.1 Å². The summed E-state index contributed by atoms with van der Waals surface area (Å²) in [7, 11) is 0. The molecule has 1 saturated heterocycles. The largest absolute Gasteiger partial charge is 0.311 e. The Kier molecular flexibility index (Phi) is 6.28. The molecule has 1 fully saturated rings. The molecule has 1 aliphatic heterocycles. The first kappa shape index (κ1) is 14.9. The van der Waals surface area contributed by atoms with Crippen LogP contribution in [0.2, 0.25) is 0 Å². The van der Waals surface area contributed by atoms with Crippen LogP contribution in [0.4, 0.5) is 4.39 Å². The van der Waals surface area contributed by atoms with Crippen LogP contribution in [-0.2, 0) is 6.54 Å². The highest BCUT2D eigenvalue weighted by Crippen LogP contribution is 2.17. The molecule has 0 spiro atoms. The van der Waals surface area contributed by atoms with Gasteiger partial charge in [0.25, 0.3) is 0 Å². The minimum Gasteiger partial charge on any atom is -0.311 e. The first-order valence-electron chi connectivity index (χ1n) is 7.13. The molecule has 0 radical (unpaired) electrons. The van der Waals surface area contributed by atoms with E-state index >= 15 is 0 Å². The van der Waals surface area contributed by atoms with Crippen molar-refractivity contribution < 1.29 is 4.39 Å². The smallest absolute Gasteiger partial charge is 0.123 e. The van der Waals surface area contributed by atoms with Gasteiger partial charge in [0.15, 0.2) is 0 Å². The van der Waals surface area contributed by atoms with E-state index in [1.165, 1.54) is 44.8 Å². The molecular formula is C15H22BrFN2. The first-order chi connectivity index (χ1) is 9.25. The van der Waals surface area contributed by atoms with Gasteiger partial charge in [-0.25, -0.2) is 4.39 Å². The van der Waals surface area contributed by atoms with Crippen LogP contribution in [-0.4, -0.2) is 31.1 Å². The van der Waals surface area contributed by atoms with E-state index in [0.29, 0.717) is 6.54 Å². The van der Waals surface area contributed by atoms with Crippen molar-refractivity contribution in [2.24, 2.45) is 0 Å². The van der Waals surface area contributed by atoms with Crippen LogP contribution in [0.1, 0.15) is 31.2 Å². The van der Waals surface area contributed by atoms with Gasteiger partial charge in [-0.2, -0.15) is 0 Å². The van der Waals surface area contributed by atoms with Crippen molar-refractivity contribution in [2.75, 3.05) is 26.2 Å². The molecule has 0 amide bonds. The molecule has 0 saturated carbocycles. The lowest BCUT2D eigenvalue weighted by Gasteiger charge is -2.19. The van der Waals surface area contributed by atoms with Crippen molar-refractivity contribution in [1.29, 1.82) is 0 Å². The third-order valence-electron chi connectivity index (χ3n) is 3.63. The fourth-order valence-corrected chi connectivity index (χ4v) is 2.89. The lowest BCUT2D eigenvalue weighted by molar-refractivity contribution is 0.284. The molecule has 2 rings (SSSR count). The van der Waals surface area contributed by atoms with E-state index in [1.807, 2.05) is 0 Å².